The van der Waals surface area contributed by atoms with E-state index in [4.69, 9.17) is 0 Å². The summed E-state index contributed by atoms with van der Waals surface area (Å²) in [7, 11) is 0. The number of aliphatic carboxylic acids is 1. The first-order valence-electron chi connectivity index (χ1n) is 7.80. The zero-order chi connectivity index (χ0) is 14.0. The number of aryl methyl sites for hydroxylation is 1. The van der Waals surface area contributed by atoms with Crippen molar-refractivity contribution in [2.24, 2.45) is 17.3 Å². The van der Waals surface area contributed by atoms with E-state index >= 15 is 0 Å². The molecule has 4 aliphatic carbocycles. The lowest BCUT2D eigenvalue weighted by Gasteiger charge is -2.62. The Bertz CT molecular complexity index is 543. The third-order valence-electron chi connectivity index (χ3n) is 6.16. The number of carboxylic acids is 1. The number of rotatable bonds is 2. The first kappa shape index (κ1) is 12.4. The third-order valence-corrected chi connectivity index (χ3v) is 6.16. The lowest BCUT2D eigenvalue weighted by molar-refractivity contribution is -0.327. The topological polar surface area (TPSA) is 40.1 Å². The minimum Gasteiger partial charge on any atom is -0.550 e. The van der Waals surface area contributed by atoms with Gasteiger partial charge in [0.25, 0.3) is 0 Å². The normalized spacial score (nSPS) is 41.9. The molecule has 4 aliphatic rings. The van der Waals surface area contributed by atoms with Crippen LogP contribution < -0.4 is 5.11 Å². The van der Waals surface area contributed by atoms with Crippen LogP contribution in [0.3, 0.4) is 0 Å². The predicted octanol–water partition coefficient (Wildman–Crippen LogP) is 2.58. The van der Waals surface area contributed by atoms with Gasteiger partial charge in [-0.1, -0.05) is 29.8 Å². The number of carbonyl (C=O) groups excluding carboxylic acids is 1. The summed E-state index contributed by atoms with van der Waals surface area (Å²) >= 11 is 0. The Morgan fingerprint density at radius 3 is 2.25 bits per heavy atom. The van der Waals surface area contributed by atoms with Gasteiger partial charge in [-0.2, -0.15) is 0 Å². The van der Waals surface area contributed by atoms with Gasteiger partial charge in [-0.3, -0.25) is 0 Å². The van der Waals surface area contributed by atoms with Gasteiger partial charge in [0.2, 0.25) is 0 Å². The van der Waals surface area contributed by atoms with Crippen LogP contribution in [0.1, 0.15) is 49.7 Å². The Morgan fingerprint density at radius 1 is 1.10 bits per heavy atom. The first-order valence-corrected chi connectivity index (χ1v) is 7.80. The monoisotopic (exact) mass is 269 g/mol. The minimum atomic E-state index is -0.789. The molecule has 0 aromatic heterocycles. The summed E-state index contributed by atoms with van der Waals surface area (Å²) < 4.78 is 0. The largest absolute Gasteiger partial charge is 0.550 e. The molecule has 106 valence electrons. The zero-order valence-electron chi connectivity index (χ0n) is 12.0. The highest BCUT2D eigenvalue weighted by Gasteiger charge is 2.58. The highest BCUT2D eigenvalue weighted by molar-refractivity contribution is 5.73. The van der Waals surface area contributed by atoms with Gasteiger partial charge < -0.3 is 9.90 Å². The van der Waals surface area contributed by atoms with Gasteiger partial charge in [0.15, 0.2) is 0 Å². The van der Waals surface area contributed by atoms with Crippen molar-refractivity contribution < 1.29 is 9.90 Å². The number of benzene rings is 1. The van der Waals surface area contributed by atoms with Crippen molar-refractivity contribution in [1.82, 2.24) is 0 Å². The standard InChI is InChI=1S/C18H22O2/c1-12-2-4-15(5-3-12)17-7-13-6-14(8-17)10-18(9-13,11-17)16(19)20/h2-5,13-14H,6-11H2,1H3,(H,19,20)/p-1/t13-,14+,17?,18?. The summed E-state index contributed by atoms with van der Waals surface area (Å²) in [5.74, 6) is 0.397. The van der Waals surface area contributed by atoms with E-state index in [9.17, 15) is 9.90 Å². The summed E-state index contributed by atoms with van der Waals surface area (Å²) in [6.07, 6.45) is 6.13. The van der Waals surface area contributed by atoms with E-state index < -0.39 is 11.4 Å². The van der Waals surface area contributed by atoms with Gasteiger partial charge in [-0.15, -0.1) is 0 Å². The third kappa shape index (κ3) is 1.60. The fourth-order valence-corrected chi connectivity index (χ4v) is 5.75. The number of hydrogen-bond acceptors (Lipinski definition) is 2. The molecule has 0 heterocycles. The maximum atomic E-state index is 11.8. The van der Waals surface area contributed by atoms with Crippen molar-refractivity contribution in [3.63, 3.8) is 0 Å². The van der Waals surface area contributed by atoms with Gasteiger partial charge in [-0.05, 0) is 68.3 Å². The average molecular weight is 269 g/mol. The molecule has 5 rings (SSSR count). The summed E-state index contributed by atoms with van der Waals surface area (Å²) in [5, 5.41) is 11.8. The Balaban J connectivity index is 1.79. The van der Waals surface area contributed by atoms with E-state index in [-0.39, 0.29) is 5.41 Å². The second-order valence-electron chi connectivity index (χ2n) is 7.68. The van der Waals surface area contributed by atoms with E-state index in [0.29, 0.717) is 11.8 Å². The average Bonchev–Trinajstić information content (AvgIpc) is 2.37. The van der Waals surface area contributed by atoms with Crippen LogP contribution in [0.4, 0.5) is 0 Å². The molecule has 2 unspecified atom stereocenters. The van der Waals surface area contributed by atoms with Crippen LogP contribution in [0.2, 0.25) is 0 Å². The second kappa shape index (κ2) is 3.87. The Morgan fingerprint density at radius 2 is 1.70 bits per heavy atom. The summed E-state index contributed by atoms with van der Waals surface area (Å²) in [6.45, 7) is 2.10. The molecule has 4 fully saturated rings. The maximum absolute atomic E-state index is 11.8. The van der Waals surface area contributed by atoms with Crippen LogP contribution in [0.25, 0.3) is 0 Å². The molecular weight excluding hydrogens is 248 g/mol. The number of hydrogen-bond donors (Lipinski definition) is 0. The van der Waals surface area contributed by atoms with E-state index in [1.54, 1.807) is 0 Å². The number of carboxylic acid groups (broad SMARTS) is 1. The fourth-order valence-electron chi connectivity index (χ4n) is 5.75. The van der Waals surface area contributed by atoms with E-state index in [1.807, 2.05) is 0 Å². The highest BCUT2D eigenvalue weighted by atomic mass is 16.4. The molecule has 0 amide bonds. The molecule has 2 heteroatoms. The van der Waals surface area contributed by atoms with Gasteiger partial charge in [0.1, 0.15) is 0 Å². The lowest BCUT2D eigenvalue weighted by atomic mass is 9.43. The van der Waals surface area contributed by atoms with E-state index in [1.165, 1.54) is 30.4 Å². The summed E-state index contributed by atoms with van der Waals surface area (Å²) in [6, 6.07) is 8.79. The molecule has 4 atom stereocenters. The second-order valence-corrected chi connectivity index (χ2v) is 7.68. The molecule has 0 N–H and O–H groups in total. The molecule has 0 radical (unpaired) electrons. The van der Waals surface area contributed by atoms with Crippen molar-refractivity contribution in [3.05, 3.63) is 35.4 Å². The molecular formula is C18H21O2-. The van der Waals surface area contributed by atoms with Gasteiger partial charge >= 0.3 is 0 Å². The van der Waals surface area contributed by atoms with E-state index in [0.717, 1.165) is 19.3 Å². The van der Waals surface area contributed by atoms with Gasteiger partial charge in [0, 0.05) is 11.4 Å². The number of carbonyl (C=O) groups is 1. The van der Waals surface area contributed by atoms with Crippen LogP contribution in [0.5, 0.6) is 0 Å². The molecule has 20 heavy (non-hydrogen) atoms. The molecule has 1 aromatic carbocycles. The minimum absolute atomic E-state index is 0.109. The summed E-state index contributed by atoms with van der Waals surface area (Å²) in [4.78, 5) is 11.8. The van der Waals surface area contributed by atoms with Crippen molar-refractivity contribution >= 4 is 5.97 Å². The van der Waals surface area contributed by atoms with Crippen molar-refractivity contribution in [3.8, 4) is 0 Å². The smallest absolute Gasteiger partial charge is 0.0476 e. The van der Waals surface area contributed by atoms with Crippen LogP contribution in [0, 0.1) is 24.2 Å². The van der Waals surface area contributed by atoms with Crippen LogP contribution in [-0.4, -0.2) is 5.97 Å². The first-order chi connectivity index (χ1) is 9.51. The predicted molar refractivity (Wildman–Crippen MR) is 75.0 cm³/mol. The van der Waals surface area contributed by atoms with Crippen LogP contribution >= 0.6 is 0 Å². The quantitative estimate of drug-likeness (QED) is 0.828. The Labute approximate surface area is 120 Å². The molecule has 0 saturated heterocycles. The van der Waals surface area contributed by atoms with Gasteiger partial charge in [0.05, 0.1) is 0 Å². The van der Waals surface area contributed by atoms with Crippen LogP contribution in [0.15, 0.2) is 24.3 Å². The SMILES string of the molecule is Cc1ccc(C23C[C@@H]4C[C@@H](CC(C(=O)[O-])(C4)C2)C3)cc1. The lowest BCUT2D eigenvalue weighted by Crippen LogP contribution is -2.59. The fraction of sp³-hybridized carbons (Fsp3) is 0.611. The Hall–Kier alpha value is -1.31. The molecule has 2 nitrogen and oxygen atoms in total. The highest BCUT2D eigenvalue weighted by Crippen LogP contribution is 2.65. The molecule has 4 bridgehead atoms. The zero-order valence-corrected chi connectivity index (χ0v) is 12.0. The van der Waals surface area contributed by atoms with E-state index in [2.05, 4.69) is 31.2 Å². The van der Waals surface area contributed by atoms with Crippen molar-refractivity contribution in [2.45, 2.75) is 50.9 Å². The molecule has 1 aromatic rings. The van der Waals surface area contributed by atoms with Gasteiger partial charge in [-0.25, -0.2) is 0 Å². The maximum Gasteiger partial charge on any atom is 0.0476 e. The summed E-state index contributed by atoms with van der Waals surface area (Å²) in [5.41, 5.74) is 2.21. The molecule has 0 spiro atoms. The Kier molecular flexibility index (Phi) is 2.40. The van der Waals surface area contributed by atoms with Crippen LogP contribution in [-0.2, 0) is 10.2 Å². The van der Waals surface area contributed by atoms with Crippen molar-refractivity contribution in [1.29, 1.82) is 0 Å². The molecule has 0 aliphatic heterocycles. The molecule has 4 saturated carbocycles. The van der Waals surface area contributed by atoms with Crippen molar-refractivity contribution in [2.75, 3.05) is 0 Å².